The van der Waals surface area contributed by atoms with E-state index >= 15 is 0 Å². The van der Waals surface area contributed by atoms with Crippen molar-refractivity contribution < 1.29 is 19.5 Å². The lowest BCUT2D eigenvalue weighted by Gasteiger charge is -2.28. The summed E-state index contributed by atoms with van der Waals surface area (Å²) >= 11 is 0. The molecule has 10 heteroatoms. The second kappa shape index (κ2) is 12.9. The number of H-pyrrole nitrogens is 1. The Morgan fingerprint density at radius 1 is 0.854 bits per heavy atom. The quantitative estimate of drug-likeness (QED) is 0.223. The van der Waals surface area contributed by atoms with Gasteiger partial charge in [0.1, 0.15) is 12.1 Å². The van der Waals surface area contributed by atoms with E-state index in [-0.39, 0.29) is 11.8 Å². The van der Waals surface area contributed by atoms with E-state index in [1.54, 1.807) is 85.8 Å². The third-order valence-corrected chi connectivity index (χ3v) is 7.18. The van der Waals surface area contributed by atoms with Gasteiger partial charge in [0.2, 0.25) is 11.8 Å². The van der Waals surface area contributed by atoms with E-state index in [9.17, 15) is 29.1 Å². The number of carboxylic acid groups (broad SMARTS) is 1. The lowest BCUT2D eigenvalue weighted by molar-refractivity contribution is -0.142. The number of para-hydroxylation sites is 1. The summed E-state index contributed by atoms with van der Waals surface area (Å²) in [7, 11) is 0. The van der Waals surface area contributed by atoms with Gasteiger partial charge in [0, 0.05) is 6.42 Å². The molecule has 4 N–H and O–H groups in total. The Morgan fingerprint density at radius 3 is 2.10 bits per heavy atom. The predicted molar refractivity (Wildman–Crippen MR) is 154 cm³/mol. The van der Waals surface area contributed by atoms with Gasteiger partial charge >= 0.3 is 11.7 Å². The highest BCUT2D eigenvalue weighted by molar-refractivity contribution is 5.92. The molecule has 0 aliphatic heterocycles. The number of hydrogen-bond donors (Lipinski definition) is 4. The number of hydrogen-bond acceptors (Lipinski definition) is 5. The zero-order chi connectivity index (χ0) is 29.5. The first-order valence-corrected chi connectivity index (χ1v) is 13.4. The minimum Gasteiger partial charge on any atom is -0.479 e. The fourth-order valence-corrected chi connectivity index (χ4v) is 4.71. The number of rotatable bonds is 11. The molecule has 0 aliphatic rings. The Balaban J connectivity index is 1.71. The van der Waals surface area contributed by atoms with Gasteiger partial charge in [-0.25, -0.2) is 14.2 Å². The first kappa shape index (κ1) is 29.0. The van der Waals surface area contributed by atoms with Gasteiger partial charge in [0.05, 0.1) is 10.9 Å². The van der Waals surface area contributed by atoms with Crippen LogP contribution < -0.4 is 21.9 Å². The highest BCUT2D eigenvalue weighted by atomic mass is 16.4. The Kier molecular flexibility index (Phi) is 9.13. The molecule has 212 valence electrons. The number of carbonyl (C=O) groups excluding carboxylic acids is 2. The minimum atomic E-state index is -1.33. The first-order valence-electron chi connectivity index (χ1n) is 13.4. The molecule has 10 nitrogen and oxygen atoms in total. The smallest absolute Gasteiger partial charge is 0.330 e. The number of nitrogens with one attached hydrogen (secondary N) is 3. The van der Waals surface area contributed by atoms with Crippen LogP contribution in [0.4, 0.5) is 0 Å². The van der Waals surface area contributed by atoms with Crippen molar-refractivity contribution in [1.29, 1.82) is 0 Å². The number of carboxylic acids is 1. The molecule has 0 unspecified atom stereocenters. The summed E-state index contributed by atoms with van der Waals surface area (Å²) in [4.78, 5) is 68.7. The van der Waals surface area contributed by atoms with Crippen LogP contribution >= 0.6 is 0 Å². The van der Waals surface area contributed by atoms with E-state index in [1.807, 2.05) is 13.0 Å². The fraction of sp³-hybridized carbons (Fsp3) is 0.258. The number of aromatic nitrogens is 2. The van der Waals surface area contributed by atoms with Crippen LogP contribution in [0.2, 0.25) is 0 Å². The van der Waals surface area contributed by atoms with E-state index in [2.05, 4.69) is 15.6 Å². The van der Waals surface area contributed by atoms with Gasteiger partial charge in [-0.1, -0.05) is 93.1 Å². The number of aliphatic carboxylic acids is 1. The van der Waals surface area contributed by atoms with Gasteiger partial charge in [0.15, 0.2) is 6.04 Å². The minimum absolute atomic E-state index is 0.00457. The van der Waals surface area contributed by atoms with Crippen molar-refractivity contribution in [2.24, 2.45) is 5.92 Å². The van der Waals surface area contributed by atoms with Gasteiger partial charge in [-0.2, -0.15) is 0 Å². The highest BCUT2D eigenvalue weighted by Gasteiger charge is 2.34. The molecular formula is C31H32N4O6. The van der Waals surface area contributed by atoms with Crippen molar-refractivity contribution in [3.05, 3.63) is 117 Å². The second-order valence-corrected chi connectivity index (χ2v) is 9.92. The number of fused-ring (bicyclic) bond motifs is 1. The number of aromatic amines is 1. The maximum atomic E-state index is 13.9. The summed E-state index contributed by atoms with van der Waals surface area (Å²) < 4.78 is 0.875. The predicted octanol–water partition coefficient (Wildman–Crippen LogP) is 2.95. The van der Waals surface area contributed by atoms with Crippen LogP contribution in [0, 0.1) is 5.92 Å². The summed E-state index contributed by atoms with van der Waals surface area (Å²) in [6.45, 7) is 3.59. The third-order valence-electron chi connectivity index (χ3n) is 7.18. The molecule has 41 heavy (non-hydrogen) atoms. The fourth-order valence-electron chi connectivity index (χ4n) is 4.71. The molecular weight excluding hydrogens is 524 g/mol. The molecule has 3 aromatic carbocycles. The summed E-state index contributed by atoms with van der Waals surface area (Å²) in [5.74, 6) is -3.06. The molecule has 0 saturated carbocycles. The first-order chi connectivity index (χ1) is 19.7. The lowest BCUT2D eigenvalue weighted by atomic mass is 9.96. The molecule has 0 saturated heterocycles. The molecule has 0 fully saturated rings. The standard InChI is InChI=1S/C31H32N4O6/c1-3-19(2)25(28(37)34-26(30(39)40)21-14-8-5-9-15-21)33-27(36)24(18-20-12-6-4-7-13-20)35-29(38)22-16-10-11-17-23(22)32-31(35)41/h4-17,19,24-26H,3,18H2,1-2H3,(H,32,41)(H,33,36)(H,34,37)(H,39,40)/t19-,24-,25+,26-/m1/s1. The van der Waals surface area contributed by atoms with Crippen molar-refractivity contribution in [3.63, 3.8) is 0 Å². The van der Waals surface area contributed by atoms with Crippen LogP contribution in [0.3, 0.4) is 0 Å². The summed E-state index contributed by atoms with van der Waals surface area (Å²) in [6, 6.07) is 19.9. The van der Waals surface area contributed by atoms with Crippen molar-refractivity contribution in [1.82, 2.24) is 20.2 Å². The van der Waals surface area contributed by atoms with Crippen LogP contribution in [0.25, 0.3) is 10.9 Å². The van der Waals surface area contributed by atoms with Gasteiger partial charge in [-0.3, -0.25) is 14.4 Å². The summed E-state index contributed by atoms with van der Waals surface area (Å²) in [6.07, 6.45) is 0.492. The Morgan fingerprint density at radius 2 is 1.46 bits per heavy atom. The van der Waals surface area contributed by atoms with Gasteiger partial charge < -0.3 is 20.7 Å². The van der Waals surface area contributed by atoms with Crippen molar-refractivity contribution in [2.45, 2.75) is 44.8 Å². The lowest BCUT2D eigenvalue weighted by Crippen LogP contribution is -2.55. The van der Waals surface area contributed by atoms with Gasteiger partial charge in [-0.05, 0) is 29.2 Å². The van der Waals surface area contributed by atoms with E-state index in [0.717, 1.165) is 4.57 Å². The van der Waals surface area contributed by atoms with E-state index in [0.29, 0.717) is 23.1 Å². The summed E-state index contributed by atoms with van der Waals surface area (Å²) in [5, 5.41) is 15.3. The van der Waals surface area contributed by atoms with Crippen LogP contribution in [0.5, 0.6) is 0 Å². The molecule has 0 aliphatic carbocycles. The second-order valence-electron chi connectivity index (χ2n) is 9.92. The van der Waals surface area contributed by atoms with Crippen LogP contribution in [0.15, 0.2) is 94.5 Å². The zero-order valence-electron chi connectivity index (χ0n) is 22.7. The summed E-state index contributed by atoms with van der Waals surface area (Å²) in [5.41, 5.74) is 0.0184. The van der Waals surface area contributed by atoms with Gasteiger partial charge in [0.25, 0.3) is 5.56 Å². The number of nitrogens with zero attached hydrogens (tertiary/aromatic N) is 1. The van der Waals surface area contributed by atoms with E-state index in [4.69, 9.17) is 0 Å². The molecule has 4 rings (SSSR count). The Labute approximate surface area is 236 Å². The highest BCUT2D eigenvalue weighted by Crippen LogP contribution is 2.18. The molecule has 1 aromatic heterocycles. The third kappa shape index (κ3) is 6.60. The molecule has 4 atom stereocenters. The Bertz CT molecular complexity index is 1650. The average Bonchev–Trinajstić information content (AvgIpc) is 2.98. The van der Waals surface area contributed by atoms with E-state index < -0.39 is 53.1 Å². The van der Waals surface area contributed by atoms with Crippen molar-refractivity contribution >= 4 is 28.7 Å². The largest absolute Gasteiger partial charge is 0.479 e. The molecule has 0 radical (unpaired) electrons. The molecule has 2 amide bonds. The number of carbonyl (C=O) groups is 3. The maximum Gasteiger partial charge on any atom is 0.330 e. The topological polar surface area (TPSA) is 150 Å². The molecule has 0 bridgehead atoms. The van der Waals surface area contributed by atoms with Crippen LogP contribution in [-0.4, -0.2) is 38.5 Å². The maximum absolute atomic E-state index is 13.9. The zero-order valence-corrected chi connectivity index (χ0v) is 22.7. The normalized spacial score (nSPS) is 14.0. The van der Waals surface area contributed by atoms with Crippen LogP contribution in [-0.2, 0) is 20.8 Å². The SMILES string of the molecule is CC[C@@H](C)[C@H](NC(=O)[C@@H](Cc1ccccc1)n1c(=O)[nH]c2ccccc2c1=O)C(=O)N[C@@H](C(=O)O)c1ccccc1. The number of amides is 2. The monoisotopic (exact) mass is 556 g/mol. The average molecular weight is 557 g/mol. The van der Waals surface area contributed by atoms with Crippen molar-refractivity contribution in [2.75, 3.05) is 0 Å². The van der Waals surface area contributed by atoms with Gasteiger partial charge in [-0.15, -0.1) is 0 Å². The van der Waals surface area contributed by atoms with E-state index in [1.165, 1.54) is 0 Å². The Hall–Kier alpha value is -4.99. The molecule has 0 spiro atoms. The number of benzene rings is 3. The molecule has 1 heterocycles. The molecule has 4 aromatic rings. The van der Waals surface area contributed by atoms with Crippen LogP contribution in [0.1, 0.15) is 43.5 Å². The van der Waals surface area contributed by atoms with Crippen molar-refractivity contribution in [3.8, 4) is 0 Å².